The van der Waals surface area contributed by atoms with E-state index in [4.69, 9.17) is 39.5 Å². The Balaban J connectivity index is 1.47. The van der Waals surface area contributed by atoms with E-state index in [-0.39, 0.29) is 28.1 Å². The molecule has 3 heterocycles. The maximum atomic E-state index is 12.9. The fourth-order valence-electron chi connectivity index (χ4n) is 3.31. The van der Waals surface area contributed by atoms with E-state index in [2.05, 4.69) is 4.98 Å². The third kappa shape index (κ3) is 3.80. The standard InChI is InChI=1S/C20H17Cl3N4O3/c1-12-10-26(11-24-12)14-3-4-15-19(28)25(6-7-27(15)20(14)29)8-9-30-16-5-2-13(21)17(22)18(16)23/h2-5,10-11H,6-9H2,1H3. The molecule has 0 N–H and O–H groups in total. The van der Waals surface area contributed by atoms with Crippen LogP contribution >= 0.6 is 34.8 Å². The van der Waals surface area contributed by atoms with Crippen molar-refractivity contribution in [3.63, 3.8) is 0 Å². The van der Waals surface area contributed by atoms with Crippen LogP contribution in [0, 0.1) is 6.92 Å². The Morgan fingerprint density at radius 3 is 2.60 bits per heavy atom. The highest BCUT2D eigenvalue weighted by atomic mass is 35.5. The first kappa shape index (κ1) is 20.8. The monoisotopic (exact) mass is 466 g/mol. The first-order valence-electron chi connectivity index (χ1n) is 9.17. The van der Waals surface area contributed by atoms with Crippen molar-refractivity contribution in [3.8, 4) is 11.4 Å². The van der Waals surface area contributed by atoms with E-state index >= 15 is 0 Å². The molecule has 2 aromatic heterocycles. The summed E-state index contributed by atoms with van der Waals surface area (Å²) in [4.78, 5) is 31.5. The summed E-state index contributed by atoms with van der Waals surface area (Å²) in [5.41, 5.74) is 1.38. The van der Waals surface area contributed by atoms with Crippen LogP contribution < -0.4 is 10.3 Å². The highest BCUT2D eigenvalue weighted by molar-refractivity contribution is 6.48. The number of hydrogen-bond acceptors (Lipinski definition) is 4. The van der Waals surface area contributed by atoms with Gasteiger partial charge in [0.1, 0.15) is 28.8 Å². The van der Waals surface area contributed by atoms with Crippen LogP contribution in [-0.4, -0.2) is 44.6 Å². The first-order valence-corrected chi connectivity index (χ1v) is 10.3. The Morgan fingerprint density at radius 1 is 1.07 bits per heavy atom. The summed E-state index contributed by atoms with van der Waals surface area (Å²) in [7, 11) is 0. The lowest BCUT2D eigenvalue weighted by Crippen LogP contribution is -2.46. The third-order valence-electron chi connectivity index (χ3n) is 4.86. The molecule has 1 amide bonds. The average molecular weight is 468 g/mol. The zero-order valence-electron chi connectivity index (χ0n) is 15.9. The quantitative estimate of drug-likeness (QED) is 0.535. The van der Waals surface area contributed by atoms with Crippen LogP contribution in [0.5, 0.6) is 5.75 Å². The van der Waals surface area contributed by atoms with Gasteiger partial charge in [0.15, 0.2) is 0 Å². The number of imidazole rings is 1. The highest BCUT2D eigenvalue weighted by Crippen LogP contribution is 2.37. The molecule has 1 aliphatic rings. The number of benzene rings is 1. The number of aryl methyl sites for hydroxylation is 1. The van der Waals surface area contributed by atoms with E-state index < -0.39 is 0 Å². The second-order valence-electron chi connectivity index (χ2n) is 6.80. The minimum absolute atomic E-state index is 0.222. The molecule has 0 fully saturated rings. The summed E-state index contributed by atoms with van der Waals surface area (Å²) in [5.74, 6) is 0.169. The molecule has 10 heteroatoms. The predicted octanol–water partition coefficient (Wildman–Crippen LogP) is 3.84. The van der Waals surface area contributed by atoms with Gasteiger partial charge < -0.3 is 18.8 Å². The van der Waals surface area contributed by atoms with E-state index in [1.807, 2.05) is 6.92 Å². The molecule has 0 spiro atoms. The normalized spacial score (nSPS) is 13.5. The maximum Gasteiger partial charge on any atom is 0.275 e. The van der Waals surface area contributed by atoms with E-state index in [1.165, 1.54) is 4.57 Å². The first-order chi connectivity index (χ1) is 14.4. The Hall–Kier alpha value is -2.48. The highest BCUT2D eigenvalue weighted by Gasteiger charge is 2.26. The summed E-state index contributed by atoms with van der Waals surface area (Å²) in [5, 5.41) is 0.794. The molecule has 3 aromatic rings. The van der Waals surface area contributed by atoms with Crippen molar-refractivity contribution in [2.24, 2.45) is 0 Å². The molecule has 0 atom stereocenters. The van der Waals surface area contributed by atoms with Crippen molar-refractivity contribution >= 4 is 40.7 Å². The summed E-state index contributed by atoms with van der Waals surface area (Å²) >= 11 is 18.1. The Kier molecular flexibility index (Phi) is 5.77. The van der Waals surface area contributed by atoms with Gasteiger partial charge in [-0.1, -0.05) is 34.8 Å². The van der Waals surface area contributed by atoms with E-state index in [1.54, 1.807) is 46.3 Å². The maximum absolute atomic E-state index is 12.9. The number of aromatic nitrogens is 3. The lowest BCUT2D eigenvalue weighted by Gasteiger charge is -2.29. The van der Waals surface area contributed by atoms with Crippen molar-refractivity contribution in [1.29, 1.82) is 0 Å². The average Bonchev–Trinajstić information content (AvgIpc) is 3.16. The molecule has 1 aliphatic heterocycles. The number of hydrogen-bond donors (Lipinski definition) is 0. The van der Waals surface area contributed by atoms with Crippen molar-refractivity contribution in [2.45, 2.75) is 13.5 Å². The predicted molar refractivity (Wildman–Crippen MR) is 115 cm³/mol. The van der Waals surface area contributed by atoms with Gasteiger partial charge in [-0.15, -0.1) is 0 Å². The molecular weight excluding hydrogens is 451 g/mol. The molecule has 0 radical (unpaired) electrons. The number of fused-ring (bicyclic) bond motifs is 1. The molecule has 1 aromatic carbocycles. The van der Waals surface area contributed by atoms with E-state index in [0.717, 1.165) is 5.69 Å². The third-order valence-corrected chi connectivity index (χ3v) is 6.14. The van der Waals surface area contributed by atoms with Gasteiger partial charge in [0, 0.05) is 19.3 Å². The van der Waals surface area contributed by atoms with Crippen molar-refractivity contribution in [1.82, 2.24) is 19.0 Å². The SMILES string of the molecule is Cc1cn(-c2ccc3n(c2=O)CCN(CCOc2ccc(Cl)c(Cl)c2Cl)C3=O)cn1. The smallest absolute Gasteiger partial charge is 0.275 e. The van der Waals surface area contributed by atoms with Gasteiger partial charge in [-0.05, 0) is 31.2 Å². The zero-order valence-corrected chi connectivity index (χ0v) is 18.2. The van der Waals surface area contributed by atoms with E-state index in [0.29, 0.717) is 41.8 Å². The largest absolute Gasteiger partial charge is 0.490 e. The van der Waals surface area contributed by atoms with Crippen molar-refractivity contribution in [3.05, 3.63) is 73.6 Å². The number of amides is 1. The summed E-state index contributed by atoms with van der Waals surface area (Å²) in [6.45, 7) is 3.21. The molecule has 30 heavy (non-hydrogen) atoms. The van der Waals surface area contributed by atoms with Gasteiger partial charge in [0.05, 0.1) is 28.6 Å². The summed E-state index contributed by atoms with van der Waals surface area (Å²) in [6.07, 6.45) is 3.35. The van der Waals surface area contributed by atoms with Crippen LogP contribution in [0.15, 0.2) is 41.6 Å². The molecule has 0 unspecified atom stereocenters. The van der Waals surface area contributed by atoms with Crippen LogP contribution in [-0.2, 0) is 6.54 Å². The van der Waals surface area contributed by atoms with Gasteiger partial charge in [0.2, 0.25) is 0 Å². The molecule has 0 bridgehead atoms. The second kappa shape index (κ2) is 8.34. The summed E-state index contributed by atoms with van der Waals surface area (Å²) in [6, 6.07) is 6.53. The van der Waals surface area contributed by atoms with Crippen molar-refractivity contribution < 1.29 is 9.53 Å². The van der Waals surface area contributed by atoms with Gasteiger partial charge in [-0.25, -0.2) is 4.98 Å². The summed E-state index contributed by atoms with van der Waals surface area (Å²) < 4.78 is 8.83. The van der Waals surface area contributed by atoms with Crippen LogP contribution in [0.4, 0.5) is 0 Å². The minimum Gasteiger partial charge on any atom is -0.490 e. The Bertz CT molecular complexity index is 1190. The molecule has 156 valence electrons. The van der Waals surface area contributed by atoms with Crippen molar-refractivity contribution in [2.75, 3.05) is 19.7 Å². The number of halogens is 3. The number of rotatable bonds is 5. The topological polar surface area (TPSA) is 69.4 Å². The number of carbonyl (C=O) groups excluding carboxylic acids is 1. The van der Waals surface area contributed by atoms with Crippen LogP contribution in [0.25, 0.3) is 5.69 Å². The second-order valence-corrected chi connectivity index (χ2v) is 7.96. The minimum atomic E-state index is -0.226. The number of ether oxygens (including phenoxy) is 1. The lowest BCUT2D eigenvalue weighted by molar-refractivity contribution is 0.0673. The zero-order chi connectivity index (χ0) is 21.4. The fourth-order valence-corrected chi connectivity index (χ4v) is 3.89. The molecule has 7 nitrogen and oxygen atoms in total. The van der Waals surface area contributed by atoms with Gasteiger partial charge in [0.25, 0.3) is 11.5 Å². The molecule has 0 aliphatic carbocycles. The van der Waals surface area contributed by atoms with Crippen LogP contribution in [0.3, 0.4) is 0 Å². The molecule has 0 saturated carbocycles. The van der Waals surface area contributed by atoms with E-state index in [9.17, 15) is 9.59 Å². The van der Waals surface area contributed by atoms with Gasteiger partial charge in [-0.2, -0.15) is 0 Å². The number of pyridine rings is 1. The Morgan fingerprint density at radius 2 is 1.87 bits per heavy atom. The Labute approximate surface area is 187 Å². The molecule has 4 rings (SSSR count). The molecule has 0 saturated heterocycles. The lowest BCUT2D eigenvalue weighted by atomic mass is 10.2. The van der Waals surface area contributed by atoms with Crippen LogP contribution in [0.2, 0.25) is 15.1 Å². The van der Waals surface area contributed by atoms with Gasteiger partial charge >= 0.3 is 0 Å². The van der Waals surface area contributed by atoms with Gasteiger partial charge in [-0.3, -0.25) is 9.59 Å². The van der Waals surface area contributed by atoms with Crippen LogP contribution in [0.1, 0.15) is 16.2 Å². The molecular formula is C20H17Cl3N4O3. The number of nitrogens with zero attached hydrogens (tertiary/aromatic N) is 4. The number of carbonyl (C=O) groups is 1. The fraction of sp³-hybridized carbons (Fsp3) is 0.250.